The molecular weight excluding hydrogens is 318 g/mol. The number of nitrogens with zero attached hydrogens (tertiary/aromatic N) is 4. The third-order valence-electron chi connectivity index (χ3n) is 4.21. The predicted molar refractivity (Wildman–Crippen MR) is 91.9 cm³/mol. The molecule has 0 fully saturated rings. The van der Waals surface area contributed by atoms with E-state index in [9.17, 15) is 10.1 Å². The number of methoxy groups -OCH3 is 1. The highest BCUT2D eigenvalue weighted by atomic mass is 16.5. The van der Waals surface area contributed by atoms with Crippen LogP contribution < -0.4 is 0 Å². The molecule has 0 amide bonds. The van der Waals surface area contributed by atoms with Gasteiger partial charge in [-0.15, -0.1) is 0 Å². The first kappa shape index (κ1) is 14.9. The zero-order valence-corrected chi connectivity index (χ0v) is 13.6. The second kappa shape index (κ2) is 5.46. The lowest BCUT2D eigenvalue weighted by Crippen LogP contribution is -2.01. The number of pyridine rings is 1. The van der Waals surface area contributed by atoms with E-state index in [1.807, 2.05) is 35.9 Å². The van der Waals surface area contributed by atoms with Crippen LogP contribution in [0.3, 0.4) is 0 Å². The fraction of sp³-hybridized carbons (Fsp3) is 0.111. The number of para-hydroxylation sites is 1. The summed E-state index contributed by atoms with van der Waals surface area (Å²) in [6.45, 7) is 0. The van der Waals surface area contributed by atoms with Crippen molar-refractivity contribution in [2.75, 3.05) is 7.11 Å². The minimum Gasteiger partial charge on any atom is -0.465 e. The summed E-state index contributed by atoms with van der Waals surface area (Å²) in [5.41, 5.74) is 3.59. The number of ether oxygens (including phenoxy) is 1. The number of aryl methyl sites for hydroxylation is 1. The van der Waals surface area contributed by atoms with Crippen molar-refractivity contribution >= 4 is 28.0 Å². The molecule has 25 heavy (non-hydrogen) atoms. The van der Waals surface area contributed by atoms with Crippen LogP contribution in [-0.4, -0.2) is 32.6 Å². The van der Waals surface area contributed by atoms with E-state index >= 15 is 0 Å². The summed E-state index contributed by atoms with van der Waals surface area (Å²) in [5, 5.41) is 10.5. The maximum absolute atomic E-state index is 11.7. The number of carbonyl (C=O) groups is 1. The van der Waals surface area contributed by atoms with Gasteiger partial charge < -0.3 is 14.3 Å². The maximum atomic E-state index is 11.7. The highest BCUT2D eigenvalue weighted by Gasteiger charge is 2.20. The van der Waals surface area contributed by atoms with Crippen molar-refractivity contribution in [3.8, 4) is 17.5 Å². The van der Waals surface area contributed by atoms with Gasteiger partial charge in [0.05, 0.1) is 23.8 Å². The zero-order chi connectivity index (χ0) is 17.6. The van der Waals surface area contributed by atoms with E-state index in [1.165, 1.54) is 13.3 Å². The minimum absolute atomic E-state index is 0.337. The number of fused-ring (bicyclic) bond motifs is 2. The number of esters is 1. The van der Waals surface area contributed by atoms with Gasteiger partial charge in [0.1, 0.15) is 17.6 Å². The number of aromatic nitrogens is 4. The molecule has 0 bridgehead atoms. The molecule has 0 saturated carbocycles. The molecule has 0 unspecified atom stereocenters. The average Bonchev–Trinajstić information content (AvgIpc) is 3.18. The summed E-state index contributed by atoms with van der Waals surface area (Å²) >= 11 is 0. The van der Waals surface area contributed by atoms with E-state index in [0.29, 0.717) is 28.2 Å². The van der Waals surface area contributed by atoms with Gasteiger partial charge in [0.25, 0.3) is 0 Å². The Hall–Kier alpha value is -3.66. The van der Waals surface area contributed by atoms with E-state index in [1.54, 1.807) is 6.07 Å². The van der Waals surface area contributed by atoms with Gasteiger partial charge in [0.15, 0.2) is 5.65 Å². The Morgan fingerprint density at radius 1 is 1.36 bits per heavy atom. The van der Waals surface area contributed by atoms with E-state index in [4.69, 9.17) is 4.74 Å². The van der Waals surface area contributed by atoms with Gasteiger partial charge in [0.2, 0.25) is 0 Å². The van der Waals surface area contributed by atoms with Gasteiger partial charge in [-0.3, -0.25) is 0 Å². The first-order valence-corrected chi connectivity index (χ1v) is 7.56. The van der Waals surface area contributed by atoms with Crippen molar-refractivity contribution in [2.45, 2.75) is 0 Å². The van der Waals surface area contributed by atoms with Crippen molar-refractivity contribution in [2.24, 2.45) is 7.05 Å². The molecule has 0 saturated heterocycles. The van der Waals surface area contributed by atoms with Gasteiger partial charge in [-0.1, -0.05) is 18.2 Å². The van der Waals surface area contributed by atoms with E-state index in [-0.39, 0.29) is 0 Å². The summed E-state index contributed by atoms with van der Waals surface area (Å²) in [4.78, 5) is 23.5. The molecule has 1 aromatic carbocycles. The molecular formula is C18H13N5O2. The fourth-order valence-electron chi connectivity index (χ4n) is 3.01. The first-order chi connectivity index (χ1) is 12.1. The molecule has 0 aliphatic carbocycles. The molecule has 0 aliphatic rings. The third kappa shape index (κ3) is 2.16. The molecule has 3 aromatic heterocycles. The molecule has 122 valence electrons. The van der Waals surface area contributed by atoms with Crippen LogP contribution in [0.25, 0.3) is 33.5 Å². The van der Waals surface area contributed by atoms with E-state index < -0.39 is 5.97 Å². The highest BCUT2D eigenvalue weighted by molar-refractivity contribution is 5.99. The van der Waals surface area contributed by atoms with Crippen LogP contribution in [0.2, 0.25) is 0 Å². The Labute approximate surface area is 142 Å². The third-order valence-corrected chi connectivity index (χ3v) is 4.21. The number of H-pyrrole nitrogens is 1. The number of aromatic amines is 1. The summed E-state index contributed by atoms with van der Waals surface area (Å²) < 4.78 is 6.55. The Morgan fingerprint density at radius 2 is 2.16 bits per heavy atom. The lowest BCUT2D eigenvalue weighted by molar-refractivity contribution is 0.0600. The van der Waals surface area contributed by atoms with Crippen LogP contribution in [0.15, 0.2) is 36.5 Å². The monoisotopic (exact) mass is 331 g/mol. The van der Waals surface area contributed by atoms with Gasteiger partial charge in [-0.05, 0) is 12.1 Å². The summed E-state index contributed by atoms with van der Waals surface area (Å²) in [6.07, 6.45) is 1.42. The SMILES string of the molecule is COC(=O)c1cnc2nc(-c3c(C#N)n(C)c4ccccc34)[nH]c2c1. The Morgan fingerprint density at radius 3 is 2.92 bits per heavy atom. The number of rotatable bonds is 2. The Bertz CT molecular complexity index is 1180. The normalized spacial score (nSPS) is 10.9. The second-order valence-corrected chi connectivity index (χ2v) is 5.58. The number of hydrogen-bond acceptors (Lipinski definition) is 5. The lowest BCUT2D eigenvalue weighted by Gasteiger charge is -1.97. The van der Waals surface area contributed by atoms with Gasteiger partial charge >= 0.3 is 5.97 Å². The Balaban J connectivity index is 1.98. The largest absolute Gasteiger partial charge is 0.465 e. The molecule has 4 rings (SSSR count). The molecule has 3 heterocycles. The topological polar surface area (TPSA) is 96.6 Å². The molecule has 7 heteroatoms. The molecule has 0 radical (unpaired) electrons. The smallest absolute Gasteiger partial charge is 0.339 e. The molecule has 1 N–H and O–H groups in total. The molecule has 4 aromatic rings. The lowest BCUT2D eigenvalue weighted by atomic mass is 10.1. The average molecular weight is 331 g/mol. The number of benzene rings is 1. The van der Waals surface area contributed by atoms with Crippen LogP contribution in [0.1, 0.15) is 16.1 Å². The maximum Gasteiger partial charge on any atom is 0.339 e. The predicted octanol–water partition coefficient (Wildman–Crippen LogP) is 2.77. The summed E-state index contributed by atoms with van der Waals surface area (Å²) in [6, 6.07) is 11.6. The molecule has 0 spiro atoms. The number of hydrogen-bond donors (Lipinski definition) is 1. The standard InChI is InChI=1S/C18H13N5O2/c1-23-13-6-4-3-5-11(13)15(14(23)8-19)17-21-12-7-10(18(24)25-2)9-20-16(12)22-17/h3-7,9H,1-2H3,(H,20,21,22). The number of nitrogens with one attached hydrogen (secondary N) is 1. The van der Waals surface area contributed by atoms with Crippen molar-refractivity contribution in [3.63, 3.8) is 0 Å². The van der Waals surface area contributed by atoms with E-state index in [0.717, 1.165) is 16.5 Å². The summed E-state index contributed by atoms with van der Waals surface area (Å²) in [7, 11) is 3.17. The van der Waals surface area contributed by atoms with Crippen molar-refractivity contribution in [3.05, 3.63) is 47.8 Å². The first-order valence-electron chi connectivity index (χ1n) is 7.56. The fourth-order valence-corrected chi connectivity index (χ4v) is 3.01. The van der Waals surface area contributed by atoms with Crippen molar-refractivity contribution in [1.82, 2.24) is 19.5 Å². The van der Waals surface area contributed by atoms with Crippen LogP contribution in [-0.2, 0) is 11.8 Å². The number of nitriles is 1. The minimum atomic E-state index is -0.464. The molecule has 7 nitrogen and oxygen atoms in total. The summed E-state index contributed by atoms with van der Waals surface area (Å²) in [5.74, 6) is 0.0753. The number of imidazole rings is 1. The van der Waals surface area contributed by atoms with Crippen LogP contribution in [0, 0.1) is 11.3 Å². The van der Waals surface area contributed by atoms with Crippen LogP contribution in [0.5, 0.6) is 0 Å². The van der Waals surface area contributed by atoms with Gasteiger partial charge in [0, 0.05) is 24.1 Å². The van der Waals surface area contributed by atoms with Crippen molar-refractivity contribution < 1.29 is 9.53 Å². The van der Waals surface area contributed by atoms with Gasteiger partial charge in [-0.25, -0.2) is 14.8 Å². The van der Waals surface area contributed by atoms with Crippen LogP contribution >= 0.6 is 0 Å². The second-order valence-electron chi connectivity index (χ2n) is 5.58. The number of carbonyl (C=O) groups excluding carboxylic acids is 1. The molecule has 0 aliphatic heterocycles. The van der Waals surface area contributed by atoms with Crippen molar-refractivity contribution in [1.29, 1.82) is 5.26 Å². The highest BCUT2D eigenvalue weighted by Crippen LogP contribution is 2.33. The quantitative estimate of drug-likeness (QED) is 0.570. The van der Waals surface area contributed by atoms with Gasteiger partial charge in [-0.2, -0.15) is 5.26 Å². The zero-order valence-electron chi connectivity index (χ0n) is 13.6. The van der Waals surface area contributed by atoms with E-state index in [2.05, 4.69) is 21.0 Å². The van der Waals surface area contributed by atoms with Crippen LogP contribution in [0.4, 0.5) is 0 Å². The molecule has 0 atom stereocenters. The Kier molecular flexibility index (Phi) is 3.25.